The third-order valence-electron chi connectivity index (χ3n) is 1.68. The van der Waals surface area contributed by atoms with Gasteiger partial charge in [0.1, 0.15) is 0 Å². The quantitative estimate of drug-likeness (QED) is 0.423. The lowest BCUT2D eigenvalue weighted by atomic mass is 10.4. The van der Waals surface area contributed by atoms with Crippen molar-refractivity contribution in [2.75, 3.05) is 0 Å². The molecule has 0 saturated heterocycles. The molecule has 0 aliphatic rings. The molecule has 0 unspecified atom stereocenters. The predicted molar refractivity (Wildman–Crippen MR) is 60.6 cm³/mol. The average molecular weight is 343 g/mol. The van der Waals surface area contributed by atoms with Gasteiger partial charge in [-0.25, -0.2) is 0 Å². The summed E-state index contributed by atoms with van der Waals surface area (Å²) in [5, 5.41) is 14.8. The fourth-order valence-corrected chi connectivity index (χ4v) is 3.35. The van der Waals surface area contributed by atoms with Crippen molar-refractivity contribution >= 4 is 0 Å². The molecule has 88 valence electrons. The first-order valence-electron chi connectivity index (χ1n) is 4.75. The van der Waals surface area contributed by atoms with Crippen LogP contribution in [0.2, 0.25) is 0 Å². The van der Waals surface area contributed by atoms with Gasteiger partial charge in [-0.3, -0.25) is 0 Å². The maximum absolute atomic E-state index is 8.25. The van der Waals surface area contributed by atoms with Crippen LogP contribution in [0.25, 0.3) is 0 Å². The maximum Gasteiger partial charge on any atom is 0.357 e. The first-order valence-corrected chi connectivity index (χ1v) is 6.90. The van der Waals surface area contributed by atoms with E-state index in [4.69, 9.17) is 15.3 Å². The van der Waals surface area contributed by atoms with Crippen LogP contribution in [0.4, 0.5) is 0 Å². The van der Waals surface area contributed by atoms with E-state index in [0.29, 0.717) is 0 Å². The lowest BCUT2D eigenvalue weighted by Crippen LogP contribution is -3.61. The van der Waals surface area contributed by atoms with Crippen LogP contribution in [0, 0.1) is 22.5 Å². The van der Waals surface area contributed by atoms with E-state index >= 15 is 0 Å². The molecule has 0 aromatic heterocycles. The normalized spacial score (nSPS) is 8.94. The number of rotatable bonds is 2. The standard InChI is InChI=1S/C12H10I.NO3/c1-3-7-11(8-4-1)13-12-9-5-2-6-10-12;2-1(3)4/h1-10H;/q+1;-1. The Morgan fingerprint density at radius 3 is 1.35 bits per heavy atom. The molecule has 2 aromatic carbocycles. The van der Waals surface area contributed by atoms with Crippen LogP contribution in [0.1, 0.15) is 0 Å². The Bertz CT molecular complexity index is 406. The molecule has 17 heavy (non-hydrogen) atoms. The first-order chi connectivity index (χ1) is 8.18. The van der Waals surface area contributed by atoms with Crippen molar-refractivity contribution in [2.45, 2.75) is 0 Å². The van der Waals surface area contributed by atoms with E-state index in [1.165, 1.54) is 7.14 Å². The fraction of sp³-hybridized carbons (Fsp3) is 0. The van der Waals surface area contributed by atoms with Gasteiger partial charge in [-0.1, -0.05) is 36.4 Å². The summed E-state index contributed by atoms with van der Waals surface area (Å²) < 4.78 is 2.96. The largest absolute Gasteiger partial charge is 0.357 e. The molecule has 4 nitrogen and oxygen atoms in total. The Kier molecular flexibility index (Phi) is 6.02. The van der Waals surface area contributed by atoms with E-state index in [1.54, 1.807) is 0 Å². The molecule has 0 aliphatic carbocycles. The maximum atomic E-state index is 8.25. The third kappa shape index (κ3) is 6.52. The Morgan fingerprint density at radius 1 is 0.765 bits per heavy atom. The Balaban J connectivity index is 0.000000317. The summed E-state index contributed by atoms with van der Waals surface area (Å²) in [6, 6.07) is 21.4. The van der Waals surface area contributed by atoms with E-state index in [0.717, 1.165) is 0 Å². The number of nitrogens with zero attached hydrogens (tertiary/aromatic N) is 1. The van der Waals surface area contributed by atoms with E-state index in [1.807, 2.05) is 0 Å². The summed E-state index contributed by atoms with van der Waals surface area (Å²) in [6.07, 6.45) is 0. The minimum Gasteiger partial charge on any atom is -0.356 e. The van der Waals surface area contributed by atoms with Crippen LogP contribution in [0.5, 0.6) is 0 Å². The van der Waals surface area contributed by atoms with E-state index in [9.17, 15) is 0 Å². The highest BCUT2D eigenvalue weighted by Gasteiger charge is 2.12. The van der Waals surface area contributed by atoms with Crippen molar-refractivity contribution in [3.8, 4) is 0 Å². The molecule has 0 bridgehead atoms. The van der Waals surface area contributed by atoms with Gasteiger partial charge in [0, 0.05) is 0 Å². The summed E-state index contributed by atoms with van der Waals surface area (Å²) in [6.45, 7) is 0. The minimum absolute atomic E-state index is 0.0287. The second-order valence-corrected chi connectivity index (χ2v) is 5.94. The highest BCUT2D eigenvalue weighted by Crippen LogP contribution is 1.85. The Hall–Kier alpha value is -1.63. The van der Waals surface area contributed by atoms with Crippen molar-refractivity contribution < 1.29 is 26.3 Å². The molecule has 0 aliphatic heterocycles. The van der Waals surface area contributed by atoms with Crippen molar-refractivity contribution in [1.29, 1.82) is 0 Å². The topological polar surface area (TPSA) is 66.2 Å². The van der Waals surface area contributed by atoms with Gasteiger partial charge in [-0.15, -0.1) is 0 Å². The summed E-state index contributed by atoms with van der Waals surface area (Å²) in [7, 11) is 0. The molecule has 0 radical (unpaired) electrons. The van der Waals surface area contributed by atoms with E-state index in [-0.39, 0.29) is 21.2 Å². The summed E-state index contributed by atoms with van der Waals surface area (Å²) in [5.41, 5.74) is 0. The van der Waals surface area contributed by atoms with Crippen molar-refractivity contribution in [3.05, 3.63) is 83.1 Å². The van der Waals surface area contributed by atoms with Crippen LogP contribution in [0.15, 0.2) is 60.7 Å². The Labute approximate surface area is 109 Å². The predicted octanol–water partition coefficient (Wildman–Crippen LogP) is -0.424. The smallest absolute Gasteiger partial charge is 0.356 e. The zero-order chi connectivity index (χ0) is 12.5. The monoisotopic (exact) mass is 343 g/mol. The minimum atomic E-state index is -1.75. The van der Waals surface area contributed by atoms with Crippen LogP contribution >= 0.6 is 0 Å². The number of hydrogen-bond donors (Lipinski definition) is 0. The summed E-state index contributed by atoms with van der Waals surface area (Å²) in [4.78, 5) is 8.25. The van der Waals surface area contributed by atoms with Crippen LogP contribution in [-0.4, -0.2) is 5.09 Å². The second kappa shape index (κ2) is 7.61. The van der Waals surface area contributed by atoms with Gasteiger partial charge >= 0.3 is 21.2 Å². The van der Waals surface area contributed by atoms with Crippen LogP contribution in [-0.2, 0) is 0 Å². The zero-order valence-corrected chi connectivity index (χ0v) is 11.0. The van der Waals surface area contributed by atoms with Crippen molar-refractivity contribution in [1.82, 2.24) is 0 Å². The molecule has 0 N–H and O–H groups in total. The third-order valence-corrected chi connectivity index (χ3v) is 4.37. The summed E-state index contributed by atoms with van der Waals surface area (Å²) >= 11 is 0.0287. The highest BCUT2D eigenvalue weighted by atomic mass is 127. The van der Waals surface area contributed by atoms with Gasteiger partial charge in [-0.05, 0) is 24.3 Å². The van der Waals surface area contributed by atoms with Gasteiger partial charge < -0.3 is 15.3 Å². The van der Waals surface area contributed by atoms with Gasteiger partial charge in [-0.2, -0.15) is 0 Å². The number of hydrogen-bond acceptors (Lipinski definition) is 3. The highest BCUT2D eigenvalue weighted by molar-refractivity contribution is 5.02. The van der Waals surface area contributed by atoms with Gasteiger partial charge in [0.25, 0.3) is 0 Å². The Morgan fingerprint density at radius 2 is 1.06 bits per heavy atom. The van der Waals surface area contributed by atoms with Gasteiger partial charge in [0.05, 0.1) is 5.09 Å². The van der Waals surface area contributed by atoms with Crippen LogP contribution < -0.4 is 21.2 Å². The molecular formula is C12H10INO3. The molecule has 0 spiro atoms. The lowest BCUT2D eigenvalue weighted by Gasteiger charge is -1.84. The molecule has 0 atom stereocenters. The molecule has 0 saturated carbocycles. The molecule has 0 fully saturated rings. The summed E-state index contributed by atoms with van der Waals surface area (Å²) in [5.74, 6) is 0. The zero-order valence-electron chi connectivity index (χ0n) is 8.82. The molecular weight excluding hydrogens is 333 g/mol. The molecule has 5 heteroatoms. The second-order valence-electron chi connectivity index (χ2n) is 2.91. The van der Waals surface area contributed by atoms with E-state index in [2.05, 4.69) is 60.7 Å². The molecule has 2 rings (SSSR count). The number of benzene rings is 2. The first kappa shape index (κ1) is 13.4. The van der Waals surface area contributed by atoms with E-state index < -0.39 is 5.09 Å². The SMILES string of the molecule is O=[N+]([O-])[O-].c1ccc([I+]c2ccccc2)cc1. The van der Waals surface area contributed by atoms with Crippen molar-refractivity contribution in [2.24, 2.45) is 0 Å². The van der Waals surface area contributed by atoms with Crippen LogP contribution in [0.3, 0.4) is 0 Å². The lowest BCUT2D eigenvalue weighted by molar-refractivity contribution is -0.597. The van der Waals surface area contributed by atoms with Gasteiger partial charge in [0.15, 0.2) is 7.14 Å². The average Bonchev–Trinajstić information content (AvgIpc) is 2.31. The number of halogens is 1. The molecule has 2 aromatic rings. The van der Waals surface area contributed by atoms with Gasteiger partial charge in [0.2, 0.25) is 0 Å². The molecule has 0 amide bonds. The molecule has 0 heterocycles. The fourth-order valence-electron chi connectivity index (χ4n) is 1.08. The van der Waals surface area contributed by atoms with Crippen molar-refractivity contribution in [3.63, 3.8) is 0 Å².